The molecule has 2 aromatic carbocycles. The number of hydrogen-bond donors (Lipinski definition) is 2. The number of para-hydroxylation sites is 1. The maximum atomic E-state index is 11.5. The lowest BCUT2D eigenvalue weighted by Crippen LogP contribution is -2.29. The Labute approximate surface area is 139 Å². The third kappa shape index (κ3) is 6.18. The number of rotatable bonds is 7. The van der Waals surface area contributed by atoms with E-state index in [4.69, 9.17) is 4.74 Å². The topological polar surface area (TPSA) is 50.4 Å². The molecule has 0 saturated heterocycles. The molecule has 4 nitrogen and oxygen atoms in total. The van der Waals surface area contributed by atoms with Gasteiger partial charge in [0.15, 0.2) is 0 Å². The monoisotopic (exact) mass is 362 g/mol. The Kier molecular flexibility index (Phi) is 6.77. The lowest BCUT2D eigenvalue weighted by Gasteiger charge is -2.09. The van der Waals surface area contributed by atoms with Gasteiger partial charge in [0, 0.05) is 29.7 Å². The predicted octanol–water partition coefficient (Wildman–Crippen LogP) is 3.83. The first-order valence-electron chi connectivity index (χ1n) is 7.18. The van der Waals surface area contributed by atoms with Crippen molar-refractivity contribution >= 4 is 27.7 Å². The molecule has 0 spiro atoms. The van der Waals surface area contributed by atoms with Gasteiger partial charge in [0.05, 0.1) is 6.61 Å². The zero-order valence-corrected chi connectivity index (χ0v) is 13.8. The maximum Gasteiger partial charge on any atom is 0.407 e. The number of amides is 1. The van der Waals surface area contributed by atoms with E-state index in [0.29, 0.717) is 26.1 Å². The molecule has 116 valence electrons. The van der Waals surface area contributed by atoms with Crippen LogP contribution in [0.25, 0.3) is 0 Å². The summed E-state index contributed by atoms with van der Waals surface area (Å²) in [5.41, 5.74) is 2.18. The van der Waals surface area contributed by atoms with Gasteiger partial charge in [0.1, 0.15) is 0 Å². The van der Waals surface area contributed by atoms with Crippen molar-refractivity contribution in [1.82, 2.24) is 5.32 Å². The molecule has 2 N–H and O–H groups in total. The van der Waals surface area contributed by atoms with Crippen molar-refractivity contribution < 1.29 is 9.53 Å². The Balaban J connectivity index is 1.55. The molecule has 22 heavy (non-hydrogen) atoms. The number of halogens is 1. The smallest absolute Gasteiger partial charge is 0.407 e. The highest BCUT2D eigenvalue weighted by Gasteiger charge is 2.01. The van der Waals surface area contributed by atoms with E-state index in [9.17, 15) is 4.79 Å². The number of anilines is 1. The van der Waals surface area contributed by atoms with Crippen LogP contribution in [0.15, 0.2) is 59.1 Å². The van der Waals surface area contributed by atoms with E-state index in [-0.39, 0.29) is 6.09 Å². The Morgan fingerprint density at radius 1 is 1.00 bits per heavy atom. The summed E-state index contributed by atoms with van der Waals surface area (Å²) in [7, 11) is 0. The highest BCUT2D eigenvalue weighted by Crippen LogP contribution is 2.10. The number of alkyl carbamates (subject to hydrolysis) is 1. The minimum atomic E-state index is -0.382. The lowest BCUT2D eigenvalue weighted by atomic mass is 10.2. The third-order valence-corrected chi connectivity index (χ3v) is 3.56. The normalized spacial score (nSPS) is 10.0. The zero-order chi connectivity index (χ0) is 15.6. The van der Waals surface area contributed by atoms with Gasteiger partial charge in [-0.2, -0.15) is 0 Å². The second-order valence-corrected chi connectivity index (χ2v) is 5.65. The SMILES string of the molecule is O=C(NCCNc1ccccc1)OCCc1ccc(Br)cc1. The van der Waals surface area contributed by atoms with Crippen molar-refractivity contribution in [2.75, 3.05) is 25.0 Å². The van der Waals surface area contributed by atoms with Crippen molar-refractivity contribution in [2.24, 2.45) is 0 Å². The maximum absolute atomic E-state index is 11.5. The molecule has 0 aromatic heterocycles. The molecule has 0 aliphatic rings. The number of carbonyl (C=O) groups excluding carboxylic acids is 1. The van der Waals surface area contributed by atoms with Crippen LogP contribution < -0.4 is 10.6 Å². The van der Waals surface area contributed by atoms with E-state index < -0.39 is 0 Å². The molecular weight excluding hydrogens is 344 g/mol. The fourth-order valence-corrected chi connectivity index (χ4v) is 2.16. The molecule has 2 rings (SSSR count). The number of ether oxygens (including phenoxy) is 1. The summed E-state index contributed by atoms with van der Waals surface area (Å²) in [5.74, 6) is 0. The first-order chi connectivity index (χ1) is 10.7. The molecule has 0 aliphatic heterocycles. The molecule has 0 aliphatic carbocycles. The molecule has 5 heteroatoms. The number of carbonyl (C=O) groups is 1. The quantitative estimate of drug-likeness (QED) is 0.735. The van der Waals surface area contributed by atoms with Gasteiger partial charge in [-0.15, -0.1) is 0 Å². The summed E-state index contributed by atoms with van der Waals surface area (Å²) in [6.45, 7) is 1.55. The second-order valence-electron chi connectivity index (χ2n) is 4.73. The Morgan fingerprint density at radius 2 is 1.73 bits per heavy atom. The Morgan fingerprint density at radius 3 is 2.45 bits per heavy atom. The van der Waals surface area contributed by atoms with Crippen LogP contribution in [0.3, 0.4) is 0 Å². The van der Waals surface area contributed by atoms with Gasteiger partial charge in [0.2, 0.25) is 0 Å². The van der Waals surface area contributed by atoms with Gasteiger partial charge in [0.25, 0.3) is 0 Å². The van der Waals surface area contributed by atoms with E-state index in [1.165, 1.54) is 0 Å². The van der Waals surface area contributed by atoms with Gasteiger partial charge < -0.3 is 15.4 Å². The van der Waals surface area contributed by atoms with E-state index in [0.717, 1.165) is 15.7 Å². The molecule has 0 saturated carbocycles. The standard InChI is InChI=1S/C17H19BrN2O2/c18-15-8-6-14(7-9-15)10-13-22-17(21)20-12-11-19-16-4-2-1-3-5-16/h1-9,19H,10-13H2,(H,20,21). The van der Waals surface area contributed by atoms with Gasteiger partial charge >= 0.3 is 6.09 Å². The molecule has 0 bridgehead atoms. The summed E-state index contributed by atoms with van der Waals surface area (Å²) in [4.78, 5) is 11.5. The predicted molar refractivity (Wildman–Crippen MR) is 92.1 cm³/mol. The van der Waals surface area contributed by atoms with Crippen molar-refractivity contribution in [3.8, 4) is 0 Å². The van der Waals surface area contributed by atoms with Crippen LogP contribution in [0, 0.1) is 0 Å². The third-order valence-electron chi connectivity index (χ3n) is 3.03. The van der Waals surface area contributed by atoms with Crippen LogP contribution in [0.2, 0.25) is 0 Å². The molecule has 0 unspecified atom stereocenters. The fraction of sp³-hybridized carbons (Fsp3) is 0.235. The minimum Gasteiger partial charge on any atom is -0.449 e. The molecule has 1 amide bonds. The summed E-state index contributed by atoms with van der Waals surface area (Å²) >= 11 is 3.39. The van der Waals surface area contributed by atoms with Crippen LogP contribution in [0.1, 0.15) is 5.56 Å². The molecule has 2 aromatic rings. The summed E-state index contributed by atoms with van der Waals surface area (Å²) in [6.07, 6.45) is 0.329. The van der Waals surface area contributed by atoms with Crippen LogP contribution in [0.4, 0.5) is 10.5 Å². The van der Waals surface area contributed by atoms with E-state index >= 15 is 0 Å². The van der Waals surface area contributed by atoms with Gasteiger partial charge in [-0.1, -0.05) is 46.3 Å². The van der Waals surface area contributed by atoms with Crippen molar-refractivity contribution in [2.45, 2.75) is 6.42 Å². The van der Waals surface area contributed by atoms with Crippen molar-refractivity contribution in [1.29, 1.82) is 0 Å². The van der Waals surface area contributed by atoms with Crippen molar-refractivity contribution in [3.63, 3.8) is 0 Å². The molecule has 0 heterocycles. The van der Waals surface area contributed by atoms with E-state index in [1.807, 2.05) is 54.6 Å². The minimum absolute atomic E-state index is 0.375. The second kappa shape index (κ2) is 9.10. The van der Waals surface area contributed by atoms with Crippen LogP contribution in [-0.2, 0) is 11.2 Å². The summed E-state index contributed by atoms with van der Waals surface area (Å²) in [6, 6.07) is 17.8. The zero-order valence-electron chi connectivity index (χ0n) is 12.2. The lowest BCUT2D eigenvalue weighted by molar-refractivity contribution is 0.148. The van der Waals surface area contributed by atoms with Crippen LogP contribution >= 0.6 is 15.9 Å². The highest BCUT2D eigenvalue weighted by molar-refractivity contribution is 9.10. The summed E-state index contributed by atoms with van der Waals surface area (Å²) in [5, 5.41) is 5.93. The largest absolute Gasteiger partial charge is 0.449 e. The molecule has 0 atom stereocenters. The first kappa shape index (κ1) is 16.4. The first-order valence-corrected chi connectivity index (χ1v) is 7.97. The molecule has 0 radical (unpaired) electrons. The number of benzene rings is 2. The average molecular weight is 363 g/mol. The Hall–Kier alpha value is -2.01. The van der Waals surface area contributed by atoms with Gasteiger partial charge in [-0.3, -0.25) is 0 Å². The molecular formula is C17H19BrN2O2. The van der Waals surface area contributed by atoms with E-state index in [2.05, 4.69) is 26.6 Å². The highest BCUT2D eigenvalue weighted by atomic mass is 79.9. The number of nitrogens with one attached hydrogen (secondary N) is 2. The summed E-state index contributed by atoms with van der Waals surface area (Å²) < 4.78 is 6.18. The molecule has 0 fully saturated rings. The van der Waals surface area contributed by atoms with Gasteiger partial charge in [-0.25, -0.2) is 4.79 Å². The fourth-order valence-electron chi connectivity index (χ4n) is 1.89. The Bertz CT molecular complexity index is 573. The van der Waals surface area contributed by atoms with Crippen molar-refractivity contribution in [3.05, 3.63) is 64.6 Å². The van der Waals surface area contributed by atoms with Gasteiger partial charge in [-0.05, 0) is 29.8 Å². The van der Waals surface area contributed by atoms with Crippen LogP contribution in [-0.4, -0.2) is 25.8 Å². The average Bonchev–Trinajstić information content (AvgIpc) is 2.54. The van der Waals surface area contributed by atoms with Crippen LogP contribution in [0.5, 0.6) is 0 Å². The number of hydrogen-bond acceptors (Lipinski definition) is 3. The van der Waals surface area contributed by atoms with E-state index in [1.54, 1.807) is 0 Å².